The van der Waals surface area contributed by atoms with Gasteiger partial charge < -0.3 is 10.5 Å². The first-order valence-electron chi connectivity index (χ1n) is 7.93. The minimum Gasteiger partial charge on any atom is -0.484 e. The molecule has 0 spiro atoms. The number of nitrogens with zero attached hydrogens (tertiary/aromatic N) is 1. The van der Waals surface area contributed by atoms with E-state index in [4.69, 9.17) is 10.5 Å². The van der Waals surface area contributed by atoms with Gasteiger partial charge in [0, 0.05) is 0 Å². The summed E-state index contributed by atoms with van der Waals surface area (Å²) in [6, 6.07) is 12.3. The van der Waals surface area contributed by atoms with Gasteiger partial charge in [-0.25, -0.2) is 4.39 Å². The Morgan fingerprint density at radius 2 is 1.78 bits per heavy atom. The lowest BCUT2D eigenvalue weighted by Crippen LogP contribution is -2.27. The lowest BCUT2D eigenvalue weighted by molar-refractivity contribution is -0.123. The Balaban J connectivity index is 1.70. The van der Waals surface area contributed by atoms with Crippen LogP contribution in [0.1, 0.15) is 11.1 Å². The Hall–Kier alpha value is -3.13. The van der Waals surface area contributed by atoms with E-state index < -0.39 is 11.8 Å². The fourth-order valence-corrected chi connectivity index (χ4v) is 3.21. The van der Waals surface area contributed by atoms with Crippen molar-refractivity contribution in [3.8, 4) is 5.75 Å². The topological polar surface area (TPSA) is 89.7 Å². The molecule has 3 amide bonds. The molecule has 2 aromatic rings. The number of amides is 3. The molecule has 1 aliphatic heterocycles. The molecule has 1 aliphatic rings. The molecule has 2 N–H and O–H groups in total. The fourth-order valence-electron chi connectivity index (χ4n) is 2.37. The van der Waals surface area contributed by atoms with E-state index in [1.807, 2.05) is 0 Å². The number of benzene rings is 2. The van der Waals surface area contributed by atoms with Crippen LogP contribution in [0, 0.1) is 5.82 Å². The van der Waals surface area contributed by atoms with Gasteiger partial charge >= 0.3 is 0 Å². The SMILES string of the molecule is NC(=O)COc1ccc(/C=C2\SC(=O)N(Cc3ccc(F)cc3)C2=O)cc1. The van der Waals surface area contributed by atoms with Crippen molar-refractivity contribution in [1.82, 2.24) is 4.90 Å². The number of halogens is 1. The summed E-state index contributed by atoms with van der Waals surface area (Å²) in [4.78, 5) is 36.8. The Morgan fingerprint density at radius 1 is 1.11 bits per heavy atom. The molecule has 6 nitrogen and oxygen atoms in total. The molecule has 0 atom stereocenters. The van der Waals surface area contributed by atoms with Crippen molar-refractivity contribution in [2.24, 2.45) is 5.73 Å². The molecule has 1 fully saturated rings. The number of hydrogen-bond donors (Lipinski definition) is 1. The van der Waals surface area contributed by atoms with E-state index in [0.29, 0.717) is 21.8 Å². The highest BCUT2D eigenvalue weighted by atomic mass is 32.2. The second kappa shape index (κ2) is 8.05. The maximum absolute atomic E-state index is 13.0. The zero-order valence-electron chi connectivity index (χ0n) is 14.1. The lowest BCUT2D eigenvalue weighted by atomic mass is 10.2. The molecule has 8 heteroatoms. The van der Waals surface area contributed by atoms with E-state index >= 15 is 0 Å². The molecule has 0 radical (unpaired) electrons. The van der Waals surface area contributed by atoms with Gasteiger partial charge in [0.1, 0.15) is 11.6 Å². The van der Waals surface area contributed by atoms with Crippen LogP contribution >= 0.6 is 11.8 Å². The molecule has 1 heterocycles. The third-order valence-corrected chi connectivity index (χ3v) is 4.59. The van der Waals surface area contributed by atoms with Gasteiger partial charge in [-0.15, -0.1) is 0 Å². The summed E-state index contributed by atoms with van der Waals surface area (Å²) >= 11 is 0.849. The van der Waals surface area contributed by atoms with Gasteiger partial charge in [0.15, 0.2) is 6.61 Å². The highest BCUT2D eigenvalue weighted by Crippen LogP contribution is 2.33. The molecule has 3 rings (SSSR count). The molecule has 2 aromatic carbocycles. The van der Waals surface area contributed by atoms with Crippen LogP contribution in [-0.4, -0.2) is 28.6 Å². The van der Waals surface area contributed by atoms with Crippen LogP contribution in [-0.2, 0) is 16.1 Å². The first kappa shape index (κ1) is 18.7. The molecular weight excluding hydrogens is 371 g/mol. The predicted molar refractivity (Wildman–Crippen MR) is 99.0 cm³/mol. The van der Waals surface area contributed by atoms with Gasteiger partial charge in [-0.1, -0.05) is 24.3 Å². The summed E-state index contributed by atoms with van der Waals surface area (Å²) in [5.74, 6) is -0.885. The summed E-state index contributed by atoms with van der Waals surface area (Å²) in [7, 11) is 0. The van der Waals surface area contributed by atoms with Crippen LogP contribution in [0.5, 0.6) is 5.75 Å². The van der Waals surface area contributed by atoms with Crippen LogP contribution in [0.4, 0.5) is 9.18 Å². The second-order valence-electron chi connectivity index (χ2n) is 5.72. The maximum Gasteiger partial charge on any atom is 0.293 e. The quantitative estimate of drug-likeness (QED) is 0.771. The maximum atomic E-state index is 13.0. The van der Waals surface area contributed by atoms with Gasteiger partial charge in [0.05, 0.1) is 11.4 Å². The third kappa shape index (κ3) is 4.73. The minimum absolute atomic E-state index is 0.0855. The van der Waals surface area contributed by atoms with Crippen LogP contribution < -0.4 is 10.5 Å². The van der Waals surface area contributed by atoms with Crippen molar-refractivity contribution in [3.05, 3.63) is 70.4 Å². The van der Waals surface area contributed by atoms with Crippen LogP contribution in [0.15, 0.2) is 53.4 Å². The molecule has 27 heavy (non-hydrogen) atoms. The molecule has 138 valence electrons. The highest BCUT2D eigenvalue weighted by molar-refractivity contribution is 8.18. The molecule has 0 unspecified atom stereocenters. The number of imide groups is 1. The zero-order valence-corrected chi connectivity index (χ0v) is 14.9. The number of carbonyl (C=O) groups excluding carboxylic acids is 3. The Labute approximate surface area is 158 Å². The monoisotopic (exact) mass is 386 g/mol. The summed E-state index contributed by atoms with van der Waals surface area (Å²) in [6.45, 7) is -0.135. The average Bonchev–Trinajstić information content (AvgIpc) is 2.90. The molecule has 1 saturated heterocycles. The van der Waals surface area contributed by atoms with Crippen molar-refractivity contribution in [1.29, 1.82) is 0 Å². The Morgan fingerprint density at radius 3 is 2.41 bits per heavy atom. The van der Waals surface area contributed by atoms with Crippen molar-refractivity contribution in [2.45, 2.75) is 6.54 Å². The first-order valence-corrected chi connectivity index (χ1v) is 8.75. The largest absolute Gasteiger partial charge is 0.484 e. The summed E-state index contributed by atoms with van der Waals surface area (Å²) in [5, 5.41) is -0.378. The molecule has 0 aromatic heterocycles. The summed E-state index contributed by atoms with van der Waals surface area (Å²) in [6.07, 6.45) is 1.60. The molecule has 0 aliphatic carbocycles. The van der Waals surface area contributed by atoms with Gasteiger partial charge in [-0.05, 0) is 53.2 Å². The predicted octanol–water partition coefficient (Wildman–Crippen LogP) is 2.93. The van der Waals surface area contributed by atoms with Crippen LogP contribution in [0.25, 0.3) is 6.08 Å². The number of primary amides is 1. The Bertz CT molecular complexity index is 910. The standard InChI is InChI=1S/C19H15FN2O4S/c20-14-5-1-13(2-6-14)10-22-18(24)16(27-19(22)25)9-12-3-7-15(8-4-12)26-11-17(21)23/h1-9H,10-11H2,(H2,21,23)/b16-9-. The number of ether oxygens (including phenoxy) is 1. The molecular formula is C19H15FN2O4S. The Kier molecular flexibility index (Phi) is 5.56. The summed E-state index contributed by atoms with van der Waals surface area (Å²) < 4.78 is 18.1. The van der Waals surface area contributed by atoms with E-state index in [2.05, 4.69) is 0 Å². The molecule has 0 bridgehead atoms. The van der Waals surface area contributed by atoms with Gasteiger partial charge in [-0.3, -0.25) is 19.3 Å². The van der Waals surface area contributed by atoms with E-state index in [1.165, 1.54) is 24.3 Å². The minimum atomic E-state index is -0.575. The smallest absolute Gasteiger partial charge is 0.293 e. The number of hydrogen-bond acceptors (Lipinski definition) is 5. The number of rotatable bonds is 6. The van der Waals surface area contributed by atoms with Crippen LogP contribution in [0.3, 0.4) is 0 Å². The second-order valence-corrected chi connectivity index (χ2v) is 6.71. The molecule has 0 saturated carbocycles. The van der Waals surface area contributed by atoms with Crippen LogP contribution in [0.2, 0.25) is 0 Å². The van der Waals surface area contributed by atoms with Crippen molar-refractivity contribution in [3.63, 3.8) is 0 Å². The van der Waals surface area contributed by atoms with Gasteiger partial charge in [0.25, 0.3) is 17.1 Å². The average molecular weight is 386 g/mol. The summed E-state index contributed by atoms with van der Waals surface area (Å²) in [5.41, 5.74) is 6.38. The lowest BCUT2D eigenvalue weighted by Gasteiger charge is -2.12. The normalized spacial score (nSPS) is 15.4. The van der Waals surface area contributed by atoms with E-state index in [1.54, 1.807) is 30.3 Å². The van der Waals surface area contributed by atoms with Crippen molar-refractivity contribution >= 4 is 34.9 Å². The van der Waals surface area contributed by atoms with E-state index in [0.717, 1.165) is 16.7 Å². The number of nitrogens with two attached hydrogens (primary N) is 1. The van der Waals surface area contributed by atoms with E-state index in [9.17, 15) is 18.8 Å². The first-order chi connectivity index (χ1) is 12.9. The van der Waals surface area contributed by atoms with E-state index in [-0.39, 0.29) is 24.2 Å². The van der Waals surface area contributed by atoms with Crippen molar-refractivity contribution in [2.75, 3.05) is 6.61 Å². The number of thioether (sulfide) groups is 1. The highest BCUT2D eigenvalue weighted by Gasteiger charge is 2.34. The third-order valence-electron chi connectivity index (χ3n) is 3.69. The number of carbonyl (C=O) groups is 3. The van der Waals surface area contributed by atoms with Gasteiger partial charge in [-0.2, -0.15) is 0 Å². The van der Waals surface area contributed by atoms with Gasteiger partial charge in [0.2, 0.25) is 0 Å². The van der Waals surface area contributed by atoms with Crippen molar-refractivity contribution < 1.29 is 23.5 Å². The zero-order chi connectivity index (χ0) is 19.4. The fraction of sp³-hybridized carbons (Fsp3) is 0.105.